The van der Waals surface area contributed by atoms with Gasteiger partial charge in [-0.05, 0) is 44.6 Å². The minimum Gasteiger partial charge on any atom is -0.383 e. The number of hydrogen-bond acceptors (Lipinski definition) is 3. The summed E-state index contributed by atoms with van der Waals surface area (Å²) in [5, 5.41) is 3.46. The molecule has 2 aliphatic rings. The van der Waals surface area contributed by atoms with Crippen molar-refractivity contribution in [2.75, 3.05) is 26.8 Å². The zero-order chi connectivity index (χ0) is 13.8. The molecule has 0 spiro atoms. The molecular formula is C15H28N2O2. The number of ether oxygens (including phenoxy) is 1. The van der Waals surface area contributed by atoms with Crippen LogP contribution in [-0.4, -0.2) is 49.7 Å². The van der Waals surface area contributed by atoms with Crippen LogP contribution in [0.4, 0.5) is 0 Å². The quantitative estimate of drug-likeness (QED) is 0.796. The normalized spacial score (nSPS) is 31.2. The number of amides is 1. The van der Waals surface area contributed by atoms with Crippen LogP contribution >= 0.6 is 0 Å². The summed E-state index contributed by atoms with van der Waals surface area (Å²) in [7, 11) is 1.69. The third-order valence-corrected chi connectivity index (χ3v) is 4.95. The van der Waals surface area contributed by atoms with E-state index in [-0.39, 0.29) is 6.04 Å². The van der Waals surface area contributed by atoms with Crippen molar-refractivity contribution < 1.29 is 9.53 Å². The van der Waals surface area contributed by atoms with Crippen molar-refractivity contribution in [2.24, 2.45) is 11.8 Å². The fraction of sp³-hybridized carbons (Fsp3) is 0.933. The van der Waals surface area contributed by atoms with Crippen molar-refractivity contribution >= 4 is 5.91 Å². The third kappa shape index (κ3) is 3.11. The molecule has 1 aliphatic carbocycles. The third-order valence-electron chi connectivity index (χ3n) is 4.95. The maximum Gasteiger partial charge on any atom is 0.240 e. The molecule has 1 saturated carbocycles. The Morgan fingerprint density at radius 2 is 2.26 bits per heavy atom. The largest absolute Gasteiger partial charge is 0.383 e. The van der Waals surface area contributed by atoms with Crippen LogP contribution in [0.1, 0.15) is 39.5 Å². The second-order valence-corrected chi connectivity index (χ2v) is 6.02. The molecule has 4 atom stereocenters. The lowest BCUT2D eigenvalue weighted by Gasteiger charge is -2.32. The highest BCUT2D eigenvalue weighted by molar-refractivity contribution is 5.83. The highest BCUT2D eigenvalue weighted by Crippen LogP contribution is 2.38. The Bertz CT molecular complexity index is 309. The Morgan fingerprint density at radius 3 is 2.95 bits per heavy atom. The lowest BCUT2D eigenvalue weighted by Crippen LogP contribution is -2.50. The van der Waals surface area contributed by atoms with Gasteiger partial charge in [-0.3, -0.25) is 4.79 Å². The Kier molecular flexibility index (Phi) is 5.22. The van der Waals surface area contributed by atoms with Crippen LogP contribution < -0.4 is 5.32 Å². The van der Waals surface area contributed by atoms with Crippen molar-refractivity contribution in [3.05, 3.63) is 0 Å². The smallest absolute Gasteiger partial charge is 0.240 e. The van der Waals surface area contributed by atoms with Crippen LogP contribution in [-0.2, 0) is 9.53 Å². The van der Waals surface area contributed by atoms with Crippen LogP contribution in [0, 0.1) is 11.8 Å². The van der Waals surface area contributed by atoms with E-state index >= 15 is 0 Å². The van der Waals surface area contributed by atoms with Gasteiger partial charge in [-0.1, -0.05) is 13.3 Å². The minimum atomic E-state index is 0.0540. The van der Waals surface area contributed by atoms with E-state index in [2.05, 4.69) is 19.2 Å². The summed E-state index contributed by atoms with van der Waals surface area (Å²) in [4.78, 5) is 14.8. The van der Waals surface area contributed by atoms with Crippen LogP contribution in [0.2, 0.25) is 0 Å². The topological polar surface area (TPSA) is 41.6 Å². The number of hydrogen-bond donors (Lipinski definition) is 1. The van der Waals surface area contributed by atoms with Crippen molar-refractivity contribution in [3.8, 4) is 0 Å². The summed E-state index contributed by atoms with van der Waals surface area (Å²) in [5.41, 5.74) is 0. The van der Waals surface area contributed by atoms with Crippen LogP contribution in [0.5, 0.6) is 0 Å². The van der Waals surface area contributed by atoms with Crippen molar-refractivity contribution in [1.82, 2.24) is 10.2 Å². The van der Waals surface area contributed by atoms with E-state index in [1.54, 1.807) is 7.11 Å². The molecule has 0 aromatic carbocycles. The van der Waals surface area contributed by atoms with Gasteiger partial charge in [0.25, 0.3) is 0 Å². The maximum absolute atomic E-state index is 12.8. The molecule has 0 radical (unpaired) electrons. The van der Waals surface area contributed by atoms with E-state index in [0.717, 1.165) is 18.9 Å². The molecule has 4 nitrogen and oxygen atoms in total. The molecular weight excluding hydrogens is 240 g/mol. The van der Waals surface area contributed by atoms with E-state index in [0.29, 0.717) is 31.0 Å². The first-order chi connectivity index (χ1) is 9.19. The first-order valence-electron chi connectivity index (χ1n) is 7.71. The van der Waals surface area contributed by atoms with E-state index in [1.807, 2.05) is 4.90 Å². The average molecular weight is 268 g/mol. The first kappa shape index (κ1) is 14.8. The van der Waals surface area contributed by atoms with Crippen LogP contribution in [0.25, 0.3) is 0 Å². The molecule has 0 bridgehead atoms. The summed E-state index contributed by atoms with van der Waals surface area (Å²) < 4.78 is 5.15. The van der Waals surface area contributed by atoms with E-state index in [1.165, 1.54) is 19.3 Å². The van der Waals surface area contributed by atoms with E-state index in [4.69, 9.17) is 4.74 Å². The molecule has 4 heteroatoms. The molecule has 0 aromatic rings. The SMILES string of the molecule is CCC(C)N(CCOC)C(=O)C1NCC2CCCC21. The molecule has 2 rings (SSSR count). The van der Waals surface area contributed by atoms with Gasteiger partial charge >= 0.3 is 0 Å². The fourth-order valence-corrected chi connectivity index (χ4v) is 3.59. The van der Waals surface area contributed by atoms with Gasteiger partial charge in [0.2, 0.25) is 5.91 Å². The Hall–Kier alpha value is -0.610. The number of methoxy groups -OCH3 is 1. The van der Waals surface area contributed by atoms with E-state index < -0.39 is 0 Å². The maximum atomic E-state index is 12.8. The van der Waals surface area contributed by atoms with E-state index in [9.17, 15) is 4.79 Å². The number of carbonyl (C=O) groups is 1. The predicted octanol–water partition coefficient (Wildman–Crippen LogP) is 1.65. The lowest BCUT2D eigenvalue weighted by atomic mass is 9.93. The standard InChI is InChI=1S/C15H28N2O2/c1-4-11(2)17(8-9-19-3)15(18)14-13-7-5-6-12(13)10-16-14/h11-14,16H,4-10H2,1-3H3. The Morgan fingerprint density at radius 1 is 1.47 bits per heavy atom. The Labute approximate surface area is 116 Å². The molecule has 110 valence electrons. The number of carbonyl (C=O) groups excluding carboxylic acids is 1. The highest BCUT2D eigenvalue weighted by Gasteiger charge is 2.44. The van der Waals surface area contributed by atoms with Crippen LogP contribution in [0.3, 0.4) is 0 Å². The molecule has 1 aliphatic heterocycles. The van der Waals surface area contributed by atoms with Gasteiger partial charge < -0.3 is 15.0 Å². The lowest BCUT2D eigenvalue weighted by molar-refractivity contribution is -0.137. The van der Waals surface area contributed by atoms with Gasteiger partial charge in [-0.15, -0.1) is 0 Å². The average Bonchev–Trinajstić information content (AvgIpc) is 3.00. The van der Waals surface area contributed by atoms with Gasteiger partial charge in [0.05, 0.1) is 12.6 Å². The second kappa shape index (κ2) is 6.71. The Balaban J connectivity index is 2.01. The monoisotopic (exact) mass is 268 g/mol. The second-order valence-electron chi connectivity index (χ2n) is 6.02. The summed E-state index contributed by atoms with van der Waals surface area (Å²) in [6, 6.07) is 0.350. The first-order valence-corrected chi connectivity index (χ1v) is 7.71. The summed E-state index contributed by atoms with van der Waals surface area (Å²) >= 11 is 0. The number of nitrogens with zero attached hydrogens (tertiary/aromatic N) is 1. The van der Waals surface area contributed by atoms with Crippen LogP contribution in [0.15, 0.2) is 0 Å². The number of fused-ring (bicyclic) bond motifs is 1. The van der Waals surface area contributed by atoms with Crippen molar-refractivity contribution in [3.63, 3.8) is 0 Å². The predicted molar refractivity (Wildman–Crippen MR) is 76.0 cm³/mol. The molecule has 1 saturated heterocycles. The highest BCUT2D eigenvalue weighted by atomic mass is 16.5. The van der Waals surface area contributed by atoms with Crippen molar-refractivity contribution in [1.29, 1.82) is 0 Å². The molecule has 0 aromatic heterocycles. The molecule has 19 heavy (non-hydrogen) atoms. The number of rotatable bonds is 6. The summed E-state index contributed by atoms with van der Waals surface area (Å²) in [6.07, 6.45) is 4.80. The number of nitrogens with one attached hydrogen (secondary N) is 1. The fourth-order valence-electron chi connectivity index (χ4n) is 3.59. The zero-order valence-electron chi connectivity index (χ0n) is 12.5. The van der Waals surface area contributed by atoms with Gasteiger partial charge in [0.15, 0.2) is 0 Å². The molecule has 1 heterocycles. The van der Waals surface area contributed by atoms with Gasteiger partial charge in [0, 0.05) is 19.7 Å². The van der Waals surface area contributed by atoms with Gasteiger partial charge in [-0.2, -0.15) is 0 Å². The molecule has 1 N–H and O–H groups in total. The van der Waals surface area contributed by atoms with Gasteiger partial charge in [-0.25, -0.2) is 0 Å². The minimum absolute atomic E-state index is 0.0540. The van der Waals surface area contributed by atoms with Gasteiger partial charge in [0.1, 0.15) is 0 Å². The molecule has 4 unspecified atom stereocenters. The molecule has 2 fully saturated rings. The summed E-state index contributed by atoms with van der Waals surface area (Å²) in [6.45, 7) is 6.63. The summed E-state index contributed by atoms with van der Waals surface area (Å²) in [5.74, 6) is 1.59. The van der Waals surface area contributed by atoms with Crippen molar-refractivity contribution in [2.45, 2.75) is 51.6 Å². The zero-order valence-corrected chi connectivity index (χ0v) is 12.5. The molecule has 1 amide bonds.